The number of ether oxygens (including phenoxy) is 1. The Morgan fingerprint density at radius 2 is 2.00 bits per heavy atom. The summed E-state index contributed by atoms with van der Waals surface area (Å²) >= 11 is 0. The summed E-state index contributed by atoms with van der Waals surface area (Å²) < 4.78 is 5.54. The van der Waals surface area contributed by atoms with Crippen molar-refractivity contribution in [2.24, 2.45) is 0 Å². The van der Waals surface area contributed by atoms with Gasteiger partial charge in [-0.15, -0.1) is 0 Å². The molecule has 1 N–H and O–H groups in total. The maximum absolute atomic E-state index is 5.54. The van der Waals surface area contributed by atoms with Crippen LogP contribution in [0.25, 0.3) is 0 Å². The van der Waals surface area contributed by atoms with Crippen molar-refractivity contribution < 1.29 is 4.74 Å². The molecule has 126 valence electrons. The summed E-state index contributed by atoms with van der Waals surface area (Å²) in [6.45, 7) is 2.64. The first-order chi connectivity index (χ1) is 11.9. The van der Waals surface area contributed by atoms with Gasteiger partial charge in [0, 0.05) is 19.3 Å². The normalized spacial score (nSPS) is 24.1. The van der Waals surface area contributed by atoms with Crippen molar-refractivity contribution in [1.29, 1.82) is 0 Å². The van der Waals surface area contributed by atoms with Crippen LogP contribution in [-0.4, -0.2) is 35.8 Å². The van der Waals surface area contributed by atoms with E-state index in [9.17, 15) is 0 Å². The molecule has 2 fully saturated rings. The number of hydrogen-bond acceptors (Lipinski definition) is 5. The monoisotopic (exact) mass is 324 g/mol. The number of anilines is 2. The lowest BCUT2D eigenvalue weighted by molar-refractivity contribution is 0.0875. The molecule has 4 rings (SSSR count). The number of aromatic nitrogens is 2. The van der Waals surface area contributed by atoms with Gasteiger partial charge in [0.1, 0.15) is 5.82 Å². The Morgan fingerprint density at radius 3 is 2.83 bits per heavy atom. The number of benzene rings is 1. The van der Waals surface area contributed by atoms with Gasteiger partial charge in [0.25, 0.3) is 0 Å². The molecule has 1 aromatic carbocycles. The van der Waals surface area contributed by atoms with Crippen molar-refractivity contribution in [3.05, 3.63) is 48.2 Å². The molecule has 2 atom stereocenters. The Balaban J connectivity index is 1.52. The summed E-state index contributed by atoms with van der Waals surface area (Å²) in [4.78, 5) is 11.6. The maximum atomic E-state index is 5.54. The van der Waals surface area contributed by atoms with Crippen LogP contribution in [0.2, 0.25) is 0 Å². The van der Waals surface area contributed by atoms with E-state index < -0.39 is 0 Å². The molecule has 2 aromatic rings. The lowest BCUT2D eigenvalue weighted by Crippen LogP contribution is -2.31. The minimum absolute atomic E-state index is 0.352. The van der Waals surface area contributed by atoms with Crippen molar-refractivity contribution in [2.75, 3.05) is 30.0 Å². The minimum Gasteiger partial charge on any atom is -0.379 e. The molecular formula is C19H24N4O. The maximum Gasteiger partial charge on any atom is 0.227 e. The van der Waals surface area contributed by atoms with Crippen molar-refractivity contribution in [3.63, 3.8) is 0 Å². The van der Waals surface area contributed by atoms with Gasteiger partial charge < -0.3 is 15.0 Å². The Morgan fingerprint density at radius 1 is 1.08 bits per heavy atom. The van der Waals surface area contributed by atoms with Crippen LogP contribution < -0.4 is 10.2 Å². The second kappa shape index (κ2) is 7.18. The third-order valence-corrected chi connectivity index (χ3v) is 4.85. The van der Waals surface area contributed by atoms with E-state index in [1.165, 1.54) is 12.0 Å². The summed E-state index contributed by atoms with van der Waals surface area (Å²) in [7, 11) is 0. The first kappa shape index (κ1) is 15.4. The molecule has 0 aliphatic carbocycles. The molecule has 3 heterocycles. The molecule has 2 saturated heterocycles. The van der Waals surface area contributed by atoms with Crippen molar-refractivity contribution >= 4 is 11.8 Å². The second-order valence-electron chi connectivity index (χ2n) is 6.56. The van der Waals surface area contributed by atoms with E-state index in [2.05, 4.69) is 45.5 Å². The second-order valence-corrected chi connectivity index (χ2v) is 6.56. The van der Waals surface area contributed by atoms with Gasteiger partial charge >= 0.3 is 0 Å². The van der Waals surface area contributed by atoms with Gasteiger partial charge in [-0.1, -0.05) is 30.3 Å². The zero-order chi connectivity index (χ0) is 16.2. The van der Waals surface area contributed by atoms with Crippen LogP contribution >= 0.6 is 0 Å². The van der Waals surface area contributed by atoms with Crippen LogP contribution in [0, 0.1) is 0 Å². The van der Waals surface area contributed by atoms with E-state index in [0.717, 1.165) is 50.8 Å². The van der Waals surface area contributed by atoms with E-state index in [-0.39, 0.29) is 0 Å². The Labute approximate surface area is 143 Å². The fraction of sp³-hybridized carbons (Fsp3) is 0.474. The average Bonchev–Trinajstić information content (AvgIpc) is 3.13. The summed E-state index contributed by atoms with van der Waals surface area (Å²) in [5.41, 5.74) is 1.35. The van der Waals surface area contributed by atoms with Gasteiger partial charge in [-0.25, -0.2) is 4.98 Å². The predicted octanol–water partition coefficient (Wildman–Crippen LogP) is 3.41. The minimum atomic E-state index is 0.352. The Kier molecular flexibility index (Phi) is 4.60. The van der Waals surface area contributed by atoms with Crippen LogP contribution in [0.5, 0.6) is 0 Å². The zero-order valence-corrected chi connectivity index (χ0v) is 13.9. The van der Waals surface area contributed by atoms with Crippen LogP contribution in [0.3, 0.4) is 0 Å². The quantitative estimate of drug-likeness (QED) is 0.934. The summed E-state index contributed by atoms with van der Waals surface area (Å²) in [5.74, 6) is 1.72. The number of hydrogen-bond donors (Lipinski definition) is 1. The fourth-order valence-electron chi connectivity index (χ4n) is 3.66. The van der Waals surface area contributed by atoms with Crippen LogP contribution in [0.15, 0.2) is 42.6 Å². The first-order valence-corrected chi connectivity index (χ1v) is 8.89. The number of rotatable bonds is 4. The molecule has 0 radical (unpaired) electrons. The van der Waals surface area contributed by atoms with Crippen molar-refractivity contribution in [1.82, 2.24) is 9.97 Å². The number of nitrogens with one attached hydrogen (secondary N) is 1. The number of nitrogens with zero attached hydrogens (tertiary/aromatic N) is 3. The van der Waals surface area contributed by atoms with Crippen LogP contribution in [-0.2, 0) is 4.74 Å². The van der Waals surface area contributed by atoms with E-state index in [0.29, 0.717) is 12.1 Å². The molecular weight excluding hydrogens is 300 g/mol. The summed E-state index contributed by atoms with van der Waals surface area (Å²) in [6, 6.07) is 13.3. The highest BCUT2D eigenvalue weighted by molar-refractivity contribution is 5.45. The molecule has 0 spiro atoms. The average molecular weight is 324 g/mol. The van der Waals surface area contributed by atoms with E-state index in [1.807, 2.05) is 12.3 Å². The van der Waals surface area contributed by atoms with Gasteiger partial charge in [0.15, 0.2) is 0 Å². The zero-order valence-electron chi connectivity index (χ0n) is 13.9. The predicted molar refractivity (Wildman–Crippen MR) is 95.3 cm³/mol. The SMILES string of the molecule is c1ccc(C2CCCN2c2nccc(NC3CCCOC3)n2)cc1. The Bertz CT molecular complexity index is 657. The lowest BCUT2D eigenvalue weighted by Gasteiger charge is -2.27. The van der Waals surface area contributed by atoms with Crippen molar-refractivity contribution in [2.45, 2.75) is 37.8 Å². The van der Waals surface area contributed by atoms with Gasteiger partial charge in [-0.3, -0.25) is 0 Å². The first-order valence-electron chi connectivity index (χ1n) is 8.89. The summed E-state index contributed by atoms with van der Waals surface area (Å²) in [5, 5.41) is 3.50. The highest BCUT2D eigenvalue weighted by atomic mass is 16.5. The van der Waals surface area contributed by atoms with Crippen LogP contribution in [0.1, 0.15) is 37.3 Å². The highest BCUT2D eigenvalue weighted by Crippen LogP contribution is 2.34. The molecule has 2 unspecified atom stereocenters. The molecule has 5 heteroatoms. The third-order valence-electron chi connectivity index (χ3n) is 4.85. The van der Waals surface area contributed by atoms with Gasteiger partial charge in [-0.05, 0) is 37.3 Å². The molecule has 24 heavy (non-hydrogen) atoms. The van der Waals surface area contributed by atoms with Crippen molar-refractivity contribution in [3.8, 4) is 0 Å². The molecule has 2 aliphatic heterocycles. The van der Waals surface area contributed by atoms with Gasteiger partial charge in [-0.2, -0.15) is 4.98 Å². The topological polar surface area (TPSA) is 50.3 Å². The molecule has 0 bridgehead atoms. The lowest BCUT2D eigenvalue weighted by atomic mass is 10.1. The summed E-state index contributed by atoms with van der Waals surface area (Å²) in [6.07, 6.45) is 6.43. The van der Waals surface area contributed by atoms with E-state index >= 15 is 0 Å². The highest BCUT2D eigenvalue weighted by Gasteiger charge is 2.28. The molecule has 2 aliphatic rings. The fourth-order valence-corrected chi connectivity index (χ4v) is 3.66. The van der Waals surface area contributed by atoms with E-state index in [1.54, 1.807) is 0 Å². The smallest absolute Gasteiger partial charge is 0.227 e. The molecule has 5 nitrogen and oxygen atoms in total. The van der Waals surface area contributed by atoms with E-state index in [4.69, 9.17) is 9.72 Å². The van der Waals surface area contributed by atoms with Crippen LogP contribution in [0.4, 0.5) is 11.8 Å². The van der Waals surface area contributed by atoms with Gasteiger partial charge in [0.2, 0.25) is 5.95 Å². The molecule has 0 amide bonds. The standard InChI is InChI=1S/C19H24N4O/c1-2-6-15(7-3-1)17-9-4-12-23(17)19-20-11-10-18(22-19)21-16-8-5-13-24-14-16/h1-3,6-7,10-11,16-17H,4-5,8-9,12-14H2,(H,20,21,22). The largest absolute Gasteiger partial charge is 0.379 e. The molecule has 1 aromatic heterocycles. The third kappa shape index (κ3) is 3.36. The molecule has 0 saturated carbocycles. The Hall–Kier alpha value is -2.14. The van der Waals surface area contributed by atoms with Gasteiger partial charge in [0.05, 0.1) is 18.7 Å².